The van der Waals surface area contributed by atoms with E-state index in [1.165, 1.54) is 0 Å². The molecule has 0 unspecified atom stereocenters. The summed E-state index contributed by atoms with van der Waals surface area (Å²) in [4.78, 5) is 90.6. The van der Waals surface area contributed by atoms with Gasteiger partial charge in [-0.05, 0) is 19.3 Å². The van der Waals surface area contributed by atoms with Gasteiger partial charge in [0, 0.05) is 36.0 Å². The average Bonchev–Trinajstić information content (AvgIpc) is 2.99. The third-order valence-electron chi connectivity index (χ3n) is 5.82. The van der Waals surface area contributed by atoms with Gasteiger partial charge in [-0.15, -0.1) is 0 Å². The van der Waals surface area contributed by atoms with Crippen LogP contribution in [0.5, 0.6) is 0 Å². The monoisotopic (exact) mass is 715 g/mol. The smallest absolute Gasteiger partial charge is 0.327 e. The number of thiol groups is 4. The van der Waals surface area contributed by atoms with Gasteiger partial charge in [0.1, 0.15) is 30.2 Å². The predicted molar refractivity (Wildman–Crippen MR) is 177 cm³/mol. The molecular formula is C23H41N9O9S4. The number of rotatable bonds is 22. The van der Waals surface area contributed by atoms with Gasteiger partial charge in [-0.3, -0.25) is 33.8 Å². The van der Waals surface area contributed by atoms with E-state index >= 15 is 0 Å². The van der Waals surface area contributed by atoms with E-state index in [-0.39, 0.29) is 48.4 Å². The van der Waals surface area contributed by atoms with Crippen molar-refractivity contribution in [1.29, 1.82) is 0 Å². The number of carboxylic acids is 2. The molecule has 0 aromatic carbocycles. The van der Waals surface area contributed by atoms with Crippen molar-refractivity contribution in [3.8, 4) is 0 Å². The maximum absolute atomic E-state index is 13.4. The van der Waals surface area contributed by atoms with E-state index in [0.717, 1.165) is 0 Å². The number of aliphatic carboxylic acids is 2. The number of hydrogen-bond acceptors (Lipinski definition) is 13. The van der Waals surface area contributed by atoms with Crippen molar-refractivity contribution in [3.63, 3.8) is 0 Å². The van der Waals surface area contributed by atoms with E-state index in [9.17, 15) is 38.7 Å². The fourth-order valence-electron chi connectivity index (χ4n) is 3.33. The molecule has 0 aromatic rings. The molecule has 22 heteroatoms. The van der Waals surface area contributed by atoms with E-state index < -0.39 is 90.6 Å². The van der Waals surface area contributed by atoms with Crippen LogP contribution >= 0.6 is 50.5 Å². The van der Waals surface area contributed by atoms with Crippen LogP contribution in [0.25, 0.3) is 0 Å². The van der Waals surface area contributed by atoms with Crippen molar-refractivity contribution >= 4 is 97.9 Å². The van der Waals surface area contributed by atoms with Crippen molar-refractivity contribution in [2.24, 2.45) is 22.2 Å². The molecule has 0 heterocycles. The summed E-state index contributed by atoms with van der Waals surface area (Å²) in [6, 6.07) is -7.83. The minimum atomic E-state index is -1.52. The van der Waals surface area contributed by atoms with Gasteiger partial charge in [0.15, 0.2) is 5.96 Å². The summed E-state index contributed by atoms with van der Waals surface area (Å²) in [5.41, 5.74) is 16.3. The number of guanidine groups is 1. The molecule has 0 saturated carbocycles. The lowest BCUT2D eigenvalue weighted by Gasteiger charge is -2.26. The van der Waals surface area contributed by atoms with E-state index in [0.29, 0.717) is 0 Å². The highest BCUT2D eigenvalue weighted by Crippen LogP contribution is 2.06. The zero-order valence-electron chi connectivity index (χ0n) is 24.0. The Morgan fingerprint density at radius 2 is 1.00 bits per heavy atom. The second-order valence-electron chi connectivity index (χ2n) is 9.36. The van der Waals surface area contributed by atoms with Crippen LogP contribution in [0.15, 0.2) is 4.99 Å². The zero-order chi connectivity index (χ0) is 34.7. The standard InChI is InChI=1S/C23H41N9O9S4/c24-10(6-42)17(35)30-13(7-43)20(38)28-11(2-1-5-27-23(25)26)18(36)29-12(3-4-16(33)34)19(37)31-14(8-44)21(39)32-15(9-45)22(40)41/h10-15,42-45H,1-9,24H2,(H,28,38)(H,29,36)(H,30,35)(H,31,37)(H,32,39)(H,33,34)(H,40,41)(H4,25,26,27)/t10-,11-,12-,13-,14-,15-/m0/s1. The quantitative estimate of drug-likeness (QED) is 0.0218. The molecule has 18 nitrogen and oxygen atoms in total. The van der Waals surface area contributed by atoms with Crippen LogP contribution in [0.3, 0.4) is 0 Å². The number of carbonyl (C=O) groups is 7. The number of nitrogens with zero attached hydrogens (tertiary/aromatic N) is 1. The van der Waals surface area contributed by atoms with Crippen LogP contribution in [-0.2, 0) is 33.6 Å². The highest BCUT2D eigenvalue weighted by molar-refractivity contribution is 7.80. The predicted octanol–water partition coefficient (Wildman–Crippen LogP) is -4.54. The van der Waals surface area contributed by atoms with Gasteiger partial charge in [-0.1, -0.05) is 0 Å². The number of hydrogen-bond donors (Lipinski definition) is 14. The molecule has 0 aliphatic heterocycles. The van der Waals surface area contributed by atoms with Crippen LogP contribution in [0, 0.1) is 0 Å². The molecule has 0 bridgehead atoms. The molecule has 5 amide bonds. The van der Waals surface area contributed by atoms with E-state index in [4.69, 9.17) is 22.3 Å². The van der Waals surface area contributed by atoms with E-state index in [1.54, 1.807) is 0 Å². The first-order valence-corrected chi connectivity index (χ1v) is 15.8. The summed E-state index contributed by atoms with van der Waals surface area (Å²) in [6.45, 7) is 0.0663. The third kappa shape index (κ3) is 16.7. The first kappa shape index (κ1) is 41.9. The Hall–Kier alpha value is -3.08. The fraction of sp³-hybridized carbons (Fsp3) is 0.652. The van der Waals surface area contributed by atoms with Gasteiger partial charge in [0.05, 0.1) is 6.04 Å². The Morgan fingerprint density at radius 3 is 1.40 bits per heavy atom. The molecule has 6 atom stereocenters. The van der Waals surface area contributed by atoms with Crippen LogP contribution < -0.4 is 43.8 Å². The van der Waals surface area contributed by atoms with Crippen LogP contribution in [0.1, 0.15) is 25.7 Å². The summed E-state index contributed by atoms with van der Waals surface area (Å²) < 4.78 is 0. The molecular weight excluding hydrogens is 675 g/mol. The Balaban J connectivity index is 5.99. The molecule has 0 aliphatic carbocycles. The van der Waals surface area contributed by atoms with Crippen LogP contribution in [0.2, 0.25) is 0 Å². The second kappa shape index (κ2) is 22.4. The zero-order valence-corrected chi connectivity index (χ0v) is 27.6. The molecule has 0 fully saturated rings. The average molecular weight is 716 g/mol. The maximum atomic E-state index is 13.4. The minimum Gasteiger partial charge on any atom is -0.481 e. The lowest BCUT2D eigenvalue weighted by Crippen LogP contribution is -2.60. The van der Waals surface area contributed by atoms with Crippen molar-refractivity contribution in [3.05, 3.63) is 0 Å². The highest BCUT2D eigenvalue weighted by atomic mass is 32.1. The van der Waals surface area contributed by atoms with Gasteiger partial charge in [0.2, 0.25) is 29.5 Å². The van der Waals surface area contributed by atoms with Gasteiger partial charge < -0.3 is 54.0 Å². The molecule has 256 valence electrons. The summed E-state index contributed by atoms with van der Waals surface area (Å²) in [5.74, 6) is -7.91. The Morgan fingerprint density at radius 1 is 0.600 bits per heavy atom. The molecule has 0 rings (SSSR count). The Labute approximate surface area is 281 Å². The van der Waals surface area contributed by atoms with Crippen molar-refractivity contribution in [2.75, 3.05) is 29.6 Å². The molecule has 0 aliphatic rings. The third-order valence-corrected chi connectivity index (χ3v) is 7.31. The molecule has 0 aromatic heterocycles. The minimum absolute atomic E-state index is 0.00652. The number of aliphatic imine (C=N–C) groups is 1. The largest absolute Gasteiger partial charge is 0.481 e. The van der Waals surface area contributed by atoms with Crippen LogP contribution in [0.4, 0.5) is 0 Å². The van der Waals surface area contributed by atoms with Gasteiger partial charge in [0.25, 0.3) is 0 Å². The maximum Gasteiger partial charge on any atom is 0.327 e. The van der Waals surface area contributed by atoms with Crippen LogP contribution in [-0.4, -0.2) is 123 Å². The molecule has 13 N–H and O–H groups in total. The topological polar surface area (TPSA) is 311 Å². The lowest BCUT2D eigenvalue weighted by molar-refractivity contribution is -0.141. The normalized spacial score (nSPS) is 14.7. The van der Waals surface area contributed by atoms with Crippen molar-refractivity contribution < 1.29 is 43.8 Å². The summed E-state index contributed by atoms with van der Waals surface area (Å²) in [7, 11) is 0. The molecule has 0 radical (unpaired) electrons. The highest BCUT2D eigenvalue weighted by Gasteiger charge is 2.32. The Kier molecular flexibility index (Phi) is 20.9. The number of amides is 5. The molecule has 45 heavy (non-hydrogen) atoms. The number of nitrogens with one attached hydrogen (secondary N) is 5. The molecule has 0 saturated heterocycles. The summed E-state index contributed by atoms with van der Waals surface area (Å²) >= 11 is 15.9. The number of carbonyl (C=O) groups excluding carboxylic acids is 5. The van der Waals surface area contributed by atoms with Crippen molar-refractivity contribution in [2.45, 2.75) is 61.9 Å². The Bertz CT molecular complexity index is 1080. The van der Waals surface area contributed by atoms with E-state index in [1.807, 2.05) is 0 Å². The second-order valence-corrected chi connectivity index (χ2v) is 10.8. The number of carboxylic acid groups (broad SMARTS) is 2. The summed E-state index contributed by atoms with van der Waals surface area (Å²) in [6.07, 6.45) is -0.888. The first-order valence-electron chi connectivity index (χ1n) is 13.3. The number of nitrogens with two attached hydrogens (primary N) is 3. The lowest BCUT2D eigenvalue weighted by atomic mass is 10.1. The van der Waals surface area contributed by atoms with Gasteiger partial charge >= 0.3 is 11.9 Å². The SMILES string of the molecule is NC(N)=NCCC[C@H](NC(=O)[C@H](CS)NC(=O)[C@@H](N)CS)C(=O)N[C@@H](CCC(=O)O)C(=O)N[C@@H](CS)C(=O)N[C@@H](CS)C(=O)O. The first-order chi connectivity index (χ1) is 21.1. The van der Waals surface area contributed by atoms with Crippen molar-refractivity contribution in [1.82, 2.24) is 26.6 Å². The molecule has 0 spiro atoms. The van der Waals surface area contributed by atoms with E-state index in [2.05, 4.69) is 82.1 Å². The van der Waals surface area contributed by atoms with Gasteiger partial charge in [-0.2, -0.15) is 50.5 Å². The summed E-state index contributed by atoms with van der Waals surface area (Å²) in [5, 5.41) is 30.1. The van der Waals surface area contributed by atoms with Gasteiger partial charge in [-0.25, -0.2) is 4.79 Å². The fourth-order valence-corrected chi connectivity index (χ4v) is 4.26.